The molecule has 0 aliphatic heterocycles. The molecule has 4 rings (SSSR count). The predicted octanol–water partition coefficient (Wildman–Crippen LogP) is 3.41. The van der Waals surface area contributed by atoms with Gasteiger partial charge in [0.05, 0.1) is 7.11 Å². The van der Waals surface area contributed by atoms with E-state index in [4.69, 9.17) is 13.8 Å². The van der Waals surface area contributed by atoms with Crippen LogP contribution in [0.15, 0.2) is 42.5 Å². The van der Waals surface area contributed by atoms with E-state index >= 15 is 0 Å². The Morgan fingerprint density at radius 1 is 0.963 bits per heavy atom. The highest BCUT2D eigenvalue weighted by molar-refractivity contribution is 7.62. The van der Waals surface area contributed by atoms with E-state index in [-0.39, 0.29) is 16.9 Å². The molecule has 1 aliphatic carbocycles. The van der Waals surface area contributed by atoms with Crippen LogP contribution in [-0.4, -0.2) is 37.3 Å². The van der Waals surface area contributed by atoms with Crippen LogP contribution >= 0.6 is 7.60 Å². The minimum absolute atomic E-state index is 0.178. The lowest BCUT2D eigenvalue weighted by Gasteiger charge is -2.13. The predicted molar refractivity (Wildman–Crippen MR) is 101 cm³/mol. The largest absolute Gasteiger partial charge is 0.497 e. The van der Waals surface area contributed by atoms with E-state index in [1.165, 1.54) is 14.2 Å². The summed E-state index contributed by atoms with van der Waals surface area (Å²) in [6.45, 7) is 0. The van der Waals surface area contributed by atoms with E-state index in [0.29, 0.717) is 16.7 Å². The molecular weight excluding hydrogens is 367 g/mol. The lowest BCUT2D eigenvalue weighted by Crippen LogP contribution is -2.11. The van der Waals surface area contributed by atoms with E-state index in [9.17, 15) is 9.36 Å². The van der Waals surface area contributed by atoms with Crippen molar-refractivity contribution in [2.24, 2.45) is 0 Å². The molecule has 1 aromatic heterocycles. The normalized spacial score (nSPS) is 12.8. The number of hydrogen-bond donors (Lipinski definition) is 1. The summed E-state index contributed by atoms with van der Waals surface area (Å²) in [5.74, 6) is 0.510. The number of nitrogens with one attached hydrogen (secondary N) is 1. The lowest BCUT2D eigenvalue weighted by atomic mass is 9.99. The fourth-order valence-electron chi connectivity index (χ4n) is 3.27. The molecule has 1 heterocycles. The first kappa shape index (κ1) is 17.7. The summed E-state index contributed by atoms with van der Waals surface area (Å²) in [7, 11) is 0.597. The van der Waals surface area contributed by atoms with E-state index in [1.807, 2.05) is 36.4 Å². The highest BCUT2D eigenvalue weighted by atomic mass is 31.2. The van der Waals surface area contributed by atoms with Gasteiger partial charge < -0.3 is 13.8 Å². The van der Waals surface area contributed by atoms with Crippen molar-refractivity contribution < 1.29 is 23.1 Å². The van der Waals surface area contributed by atoms with Gasteiger partial charge in [0.2, 0.25) is 5.78 Å². The van der Waals surface area contributed by atoms with Crippen LogP contribution in [0.4, 0.5) is 0 Å². The summed E-state index contributed by atoms with van der Waals surface area (Å²) >= 11 is 0. The molecule has 0 amide bonds. The average Bonchev–Trinajstić information content (AvgIpc) is 3.27. The van der Waals surface area contributed by atoms with Crippen molar-refractivity contribution in [3.63, 3.8) is 0 Å². The first-order valence-corrected chi connectivity index (χ1v) is 9.70. The Morgan fingerprint density at radius 2 is 1.70 bits per heavy atom. The molecule has 3 aromatic rings. The molecule has 0 saturated heterocycles. The van der Waals surface area contributed by atoms with Crippen molar-refractivity contribution >= 4 is 18.8 Å². The molecule has 7 nitrogen and oxygen atoms in total. The number of ether oxygens (including phenoxy) is 1. The van der Waals surface area contributed by atoms with Gasteiger partial charge in [0.15, 0.2) is 5.44 Å². The average molecular weight is 384 g/mol. The van der Waals surface area contributed by atoms with Gasteiger partial charge in [-0.3, -0.25) is 14.5 Å². The van der Waals surface area contributed by atoms with Gasteiger partial charge in [-0.25, -0.2) is 0 Å². The maximum absolute atomic E-state index is 12.9. The number of methoxy groups -OCH3 is 1. The first-order chi connectivity index (χ1) is 13.0. The molecule has 27 heavy (non-hydrogen) atoms. The number of aromatic amines is 1. The topological polar surface area (TPSA) is 90.5 Å². The molecule has 0 atom stereocenters. The van der Waals surface area contributed by atoms with Crippen LogP contribution in [-0.2, 0) is 13.6 Å². The Bertz CT molecular complexity index is 1100. The summed E-state index contributed by atoms with van der Waals surface area (Å²) in [4.78, 5) is 12.7. The second-order valence-electron chi connectivity index (χ2n) is 5.98. The number of hydrogen-bond acceptors (Lipinski definition) is 6. The van der Waals surface area contributed by atoms with Crippen molar-refractivity contribution in [1.29, 1.82) is 0 Å². The number of nitrogens with zero attached hydrogens (tertiary/aromatic N) is 1. The van der Waals surface area contributed by atoms with Crippen LogP contribution in [0.5, 0.6) is 5.75 Å². The number of ketones is 1. The maximum atomic E-state index is 12.9. The second kappa shape index (κ2) is 6.46. The smallest absolute Gasteiger partial charge is 0.379 e. The van der Waals surface area contributed by atoms with Gasteiger partial charge in [0.1, 0.15) is 11.4 Å². The molecule has 0 saturated carbocycles. The minimum atomic E-state index is -3.60. The van der Waals surface area contributed by atoms with Crippen LogP contribution in [0, 0.1) is 0 Å². The number of benzene rings is 2. The molecular formula is C19H17N2O5P. The summed E-state index contributed by atoms with van der Waals surface area (Å²) in [5.41, 5.74) is 3.85. The molecule has 8 heteroatoms. The molecule has 1 N–H and O–H groups in total. The summed E-state index contributed by atoms with van der Waals surface area (Å²) < 4.78 is 28.3. The number of carbonyl (C=O) groups is 1. The number of aromatic nitrogens is 2. The van der Waals surface area contributed by atoms with Crippen LogP contribution < -0.4 is 10.2 Å². The summed E-state index contributed by atoms with van der Waals surface area (Å²) in [5, 5.41) is 6.72. The monoisotopic (exact) mass is 384 g/mol. The number of fused-ring (bicyclic) bond motifs is 3. The quantitative estimate of drug-likeness (QED) is 0.531. The molecule has 0 fully saturated rings. The standard InChI is InChI=1S/C19H17N2O5P/c1-24-13-6-4-5-11(9-13)12-7-8-14-15(10-12)16-17(18(14)22)20-21-19(16)27(23,25-2)26-3/h4-10H,1-3H3,(H,20,21). The van der Waals surface area contributed by atoms with Gasteiger partial charge in [-0.2, -0.15) is 5.10 Å². The highest BCUT2D eigenvalue weighted by Gasteiger charge is 2.40. The lowest BCUT2D eigenvalue weighted by molar-refractivity contribution is 0.103. The van der Waals surface area contributed by atoms with Gasteiger partial charge in [0, 0.05) is 25.3 Å². The Labute approximate surface area is 155 Å². The molecule has 0 bridgehead atoms. The second-order valence-corrected chi connectivity index (χ2v) is 8.15. The number of H-pyrrole nitrogens is 1. The Hall–Kier alpha value is -2.73. The summed E-state index contributed by atoms with van der Waals surface area (Å²) in [6, 6.07) is 13.1. The maximum Gasteiger partial charge on any atom is 0.379 e. The Morgan fingerprint density at radius 3 is 2.41 bits per heavy atom. The van der Waals surface area contributed by atoms with Crippen LogP contribution in [0.1, 0.15) is 16.1 Å². The highest BCUT2D eigenvalue weighted by Crippen LogP contribution is 2.50. The third kappa shape index (κ3) is 2.63. The number of rotatable bonds is 5. The Kier molecular flexibility index (Phi) is 4.23. The fourth-order valence-corrected chi connectivity index (χ4v) is 4.45. The fraction of sp³-hybridized carbons (Fsp3) is 0.158. The molecule has 0 unspecified atom stereocenters. The zero-order chi connectivity index (χ0) is 19.2. The van der Waals surface area contributed by atoms with Gasteiger partial charge in [-0.05, 0) is 41.0 Å². The molecule has 1 aliphatic rings. The van der Waals surface area contributed by atoms with Gasteiger partial charge >= 0.3 is 7.60 Å². The van der Waals surface area contributed by atoms with E-state index in [1.54, 1.807) is 13.2 Å². The van der Waals surface area contributed by atoms with Gasteiger partial charge in [-0.1, -0.05) is 18.2 Å². The molecule has 0 radical (unpaired) electrons. The van der Waals surface area contributed by atoms with Gasteiger partial charge in [0.25, 0.3) is 0 Å². The third-order valence-corrected chi connectivity index (χ3v) is 6.49. The van der Waals surface area contributed by atoms with Crippen LogP contribution in [0.25, 0.3) is 22.3 Å². The number of carbonyl (C=O) groups excluding carboxylic acids is 1. The van der Waals surface area contributed by atoms with E-state index in [0.717, 1.165) is 16.9 Å². The van der Waals surface area contributed by atoms with Crippen molar-refractivity contribution in [2.75, 3.05) is 21.3 Å². The van der Waals surface area contributed by atoms with Crippen LogP contribution in [0.2, 0.25) is 0 Å². The Balaban J connectivity index is 1.91. The van der Waals surface area contributed by atoms with Crippen molar-refractivity contribution in [2.45, 2.75) is 0 Å². The van der Waals surface area contributed by atoms with E-state index in [2.05, 4.69) is 10.2 Å². The third-order valence-electron chi connectivity index (χ3n) is 4.65. The SMILES string of the molecule is COc1cccc(-c2ccc3c(c2)-c2c(n[nH]c2P(=O)(OC)OC)C3=O)c1. The first-order valence-electron chi connectivity index (χ1n) is 8.16. The van der Waals surface area contributed by atoms with Crippen molar-refractivity contribution in [3.8, 4) is 28.0 Å². The van der Waals surface area contributed by atoms with E-state index < -0.39 is 7.60 Å². The molecule has 2 aromatic carbocycles. The minimum Gasteiger partial charge on any atom is -0.497 e. The zero-order valence-corrected chi connectivity index (χ0v) is 15.9. The van der Waals surface area contributed by atoms with Gasteiger partial charge in [-0.15, -0.1) is 0 Å². The van der Waals surface area contributed by atoms with Crippen LogP contribution in [0.3, 0.4) is 0 Å². The van der Waals surface area contributed by atoms with Crippen molar-refractivity contribution in [1.82, 2.24) is 10.2 Å². The summed E-state index contributed by atoms with van der Waals surface area (Å²) in [6.07, 6.45) is 0. The molecule has 0 spiro atoms. The van der Waals surface area contributed by atoms with Crippen molar-refractivity contribution in [3.05, 3.63) is 53.7 Å². The zero-order valence-electron chi connectivity index (χ0n) is 15.0. The molecule has 138 valence electrons.